The number of benzene rings is 4. The number of aryl methyl sites for hydroxylation is 1. The number of hydrazone groups is 1. The molecule has 0 bridgehead atoms. The normalized spacial score (nSPS) is 13.6. The van der Waals surface area contributed by atoms with Crippen LogP contribution in [-0.2, 0) is 13.0 Å². The van der Waals surface area contributed by atoms with Crippen molar-refractivity contribution in [2.24, 2.45) is 11.0 Å². The van der Waals surface area contributed by atoms with Gasteiger partial charge in [-0.05, 0) is 113 Å². The average molecular weight is 836 g/mol. The van der Waals surface area contributed by atoms with Crippen molar-refractivity contribution in [3.05, 3.63) is 126 Å². The van der Waals surface area contributed by atoms with Gasteiger partial charge in [0.2, 0.25) is 17.8 Å². The summed E-state index contributed by atoms with van der Waals surface area (Å²) in [6.07, 6.45) is 5.02. The number of hydrogen-bond acceptors (Lipinski definition) is 8. The Labute approximate surface area is 297 Å². The molecule has 46 heavy (non-hydrogen) atoms. The standard InChI is InChI=1S/C36H35I2N7O/c1-25-12-14-31(15-13-25)40-34-41-35(43-36(42-34)45-18-16-27(17-19-45)20-26-8-4-2-5-9-26)44-39-23-29-21-30(37)22-32(38)33(29)46-24-28-10-6-3-7-11-28/h2-15,21-23,27H,16-20,24H2,1H3,(H2,40,41,42,43,44)/b39-23+. The number of hydrogen-bond donors (Lipinski definition) is 2. The van der Waals surface area contributed by atoms with Crippen LogP contribution in [0.5, 0.6) is 5.75 Å². The van der Waals surface area contributed by atoms with E-state index in [1.807, 2.05) is 30.3 Å². The molecule has 2 heterocycles. The summed E-state index contributed by atoms with van der Waals surface area (Å²) in [6.45, 7) is 4.31. The van der Waals surface area contributed by atoms with Crippen LogP contribution in [-0.4, -0.2) is 34.3 Å². The summed E-state index contributed by atoms with van der Waals surface area (Å²) in [5.41, 5.74) is 8.54. The molecule has 0 amide bonds. The van der Waals surface area contributed by atoms with Gasteiger partial charge >= 0.3 is 0 Å². The van der Waals surface area contributed by atoms with Gasteiger partial charge in [-0.15, -0.1) is 0 Å². The molecule has 1 aliphatic rings. The van der Waals surface area contributed by atoms with E-state index >= 15 is 0 Å². The predicted molar refractivity (Wildman–Crippen MR) is 203 cm³/mol. The van der Waals surface area contributed by atoms with E-state index in [0.717, 1.165) is 62.1 Å². The minimum absolute atomic E-state index is 0.370. The van der Waals surface area contributed by atoms with E-state index in [0.29, 0.717) is 30.4 Å². The topological polar surface area (TPSA) is 87.6 Å². The first kappa shape index (κ1) is 32.2. The predicted octanol–water partition coefficient (Wildman–Crippen LogP) is 8.62. The smallest absolute Gasteiger partial charge is 0.250 e. The first-order chi connectivity index (χ1) is 22.5. The van der Waals surface area contributed by atoms with Crippen molar-refractivity contribution in [2.45, 2.75) is 32.8 Å². The first-order valence-electron chi connectivity index (χ1n) is 15.3. The van der Waals surface area contributed by atoms with E-state index in [9.17, 15) is 0 Å². The Morgan fingerprint density at radius 1 is 0.848 bits per heavy atom. The maximum Gasteiger partial charge on any atom is 0.250 e. The van der Waals surface area contributed by atoms with Gasteiger partial charge in [0.25, 0.3) is 0 Å². The lowest BCUT2D eigenvalue weighted by atomic mass is 9.90. The van der Waals surface area contributed by atoms with Crippen LogP contribution in [0, 0.1) is 20.0 Å². The van der Waals surface area contributed by atoms with Crippen LogP contribution in [0.1, 0.15) is 35.1 Å². The molecular weight excluding hydrogens is 800 g/mol. The molecule has 1 aliphatic heterocycles. The molecule has 234 valence electrons. The SMILES string of the molecule is Cc1ccc(Nc2nc(N/N=C/c3cc(I)cc(I)c3OCc3ccccc3)nc(N3CCC(Cc4ccccc4)CC3)n2)cc1. The minimum Gasteiger partial charge on any atom is -0.487 e. The molecular formula is C36H35I2N7O. The number of nitrogens with zero attached hydrogens (tertiary/aromatic N) is 5. The number of piperidine rings is 1. The Kier molecular flexibility index (Phi) is 11.0. The Bertz CT molecular complexity index is 1760. The number of nitrogens with one attached hydrogen (secondary N) is 2. The van der Waals surface area contributed by atoms with E-state index < -0.39 is 0 Å². The van der Waals surface area contributed by atoms with Crippen molar-refractivity contribution in [3.8, 4) is 5.75 Å². The van der Waals surface area contributed by atoms with Crippen LogP contribution in [0.4, 0.5) is 23.5 Å². The molecule has 1 aromatic heterocycles. The zero-order chi connectivity index (χ0) is 31.7. The van der Waals surface area contributed by atoms with Crippen molar-refractivity contribution in [1.29, 1.82) is 0 Å². The van der Waals surface area contributed by atoms with E-state index in [2.05, 4.69) is 145 Å². The van der Waals surface area contributed by atoms with Crippen LogP contribution in [0.2, 0.25) is 0 Å². The monoisotopic (exact) mass is 835 g/mol. The van der Waals surface area contributed by atoms with Gasteiger partial charge in [0.1, 0.15) is 12.4 Å². The van der Waals surface area contributed by atoms with Crippen molar-refractivity contribution in [1.82, 2.24) is 15.0 Å². The van der Waals surface area contributed by atoms with Gasteiger partial charge in [-0.3, -0.25) is 0 Å². The Morgan fingerprint density at radius 2 is 1.52 bits per heavy atom. The highest BCUT2D eigenvalue weighted by Crippen LogP contribution is 2.29. The fraction of sp³-hybridized carbons (Fsp3) is 0.222. The Balaban J connectivity index is 1.20. The van der Waals surface area contributed by atoms with Gasteiger partial charge in [0, 0.05) is 27.9 Å². The molecule has 8 nitrogen and oxygen atoms in total. The fourth-order valence-electron chi connectivity index (χ4n) is 5.38. The van der Waals surface area contributed by atoms with Crippen LogP contribution in [0.15, 0.2) is 102 Å². The third kappa shape index (κ3) is 8.93. The van der Waals surface area contributed by atoms with Crippen LogP contribution in [0.3, 0.4) is 0 Å². The van der Waals surface area contributed by atoms with Crippen molar-refractivity contribution in [2.75, 3.05) is 28.7 Å². The lowest BCUT2D eigenvalue weighted by Gasteiger charge is -2.32. The second kappa shape index (κ2) is 15.7. The summed E-state index contributed by atoms with van der Waals surface area (Å²) in [7, 11) is 0. The number of halogens is 2. The largest absolute Gasteiger partial charge is 0.487 e. The highest BCUT2D eigenvalue weighted by Gasteiger charge is 2.22. The van der Waals surface area contributed by atoms with E-state index in [1.54, 1.807) is 6.21 Å². The minimum atomic E-state index is 0.370. The summed E-state index contributed by atoms with van der Waals surface area (Å²) in [5.74, 6) is 2.90. The lowest BCUT2D eigenvalue weighted by Crippen LogP contribution is -2.35. The van der Waals surface area contributed by atoms with Gasteiger partial charge in [-0.1, -0.05) is 78.4 Å². The number of anilines is 4. The molecule has 10 heteroatoms. The third-order valence-corrected chi connectivity index (χ3v) is 9.25. The molecule has 6 rings (SSSR count). The molecule has 0 radical (unpaired) electrons. The Morgan fingerprint density at radius 3 is 2.24 bits per heavy atom. The van der Waals surface area contributed by atoms with Crippen molar-refractivity contribution in [3.63, 3.8) is 0 Å². The third-order valence-electron chi connectivity index (χ3n) is 7.83. The van der Waals surface area contributed by atoms with Gasteiger partial charge < -0.3 is 15.0 Å². The lowest BCUT2D eigenvalue weighted by molar-refractivity contribution is 0.303. The molecule has 1 fully saturated rings. The maximum atomic E-state index is 6.26. The average Bonchev–Trinajstić information content (AvgIpc) is 3.06. The van der Waals surface area contributed by atoms with Crippen LogP contribution >= 0.6 is 45.2 Å². The molecule has 0 aliphatic carbocycles. The molecule has 0 atom stereocenters. The first-order valence-corrected chi connectivity index (χ1v) is 17.5. The summed E-state index contributed by atoms with van der Waals surface area (Å²) < 4.78 is 8.38. The highest BCUT2D eigenvalue weighted by molar-refractivity contribution is 14.1. The van der Waals surface area contributed by atoms with E-state index in [1.165, 1.54) is 11.1 Å². The second-order valence-corrected chi connectivity index (χ2v) is 13.8. The molecule has 5 aromatic rings. The quantitative estimate of drug-likeness (QED) is 0.0784. The van der Waals surface area contributed by atoms with E-state index in [4.69, 9.17) is 14.7 Å². The summed E-state index contributed by atoms with van der Waals surface area (Å²) in [6, 6.07) is 33.2. The van der Waals surface area contributed by atoms with Crippen molar-refractivity contribution < 1.29 is 4.74 Å². The van der Waals surface area contributed by atoms with Gasteiger partial charge in [0.05, 0.1) is 9.78 Å². The fourth-order valence-corrected chi connectivity index (χ4v) is 7.43. The summed E-state index contributed by atoms with van der Waals surface area (Å²) in [4.78, 5) is 16.5. The molecule has 4 aromatic carbocycles. The number of ether oxygens (including phenoxy) is 1. The van der Waals surface area contributed by atoms with Crippen LogP contribution < -0.4 is 20.4 Å². The van der Waals surface area contributed by atoms with Gasteiger partial charge in [-0.25, -0.2) is 5.43 Å². The molecule has 0 unspecified atom stereocenters. The Hall–Kier alpha value is -3.78. The zero-order valence-electron chi connectivity index (χ0n) is 25.5. The number of rotatable bonds is 11. The van der Waals surface area contributed by atoms with Gasteiger partial charge in [-0.2, -0.15) is 20.1 Å². The summed E-state index contributed by atoms with van der Waals surface area (Å²) in [5, 5.41) is 7.91. The van der Waals surface area contributed by atoms with Crippen LogP contribution in [0.25, 0.3) is 0 Å². The zero-order valence-corrected chi connectivity index (χ0v) is 29.9. The number of aromatic nitrogens is 3. The highest BCUT2D eigenvalue weighted by atomic mass is 127. The maximum absolute atomic E-state index is 6.26. The molecule has 1 saturated heterocycles. The van der Waals surface area contributed by atoms with Gasteiger partial charge in [0.15, 0.2) is 0 Å². The van der Waals surface area contributed by atoms with E-state index in [-0.39, 0.29) is 0 Å². The molecule has 2 N–H and O–H groups in total. The summed E-state index contributed by atoms with van der Waals surface area (Å²) >= 11 is 4.63. The van der Waals surface area contributed by atoms with Crippen molar-refractivity contribution >= 4 is 74.9 Å². The molecule has 0 spiro atoms. The molecule has 0 saturated carbocycles. The second-order valence-electron chi connectivity index (χ2n) is 11.3.